The molecule has 0 radical (unpaired) electrons. The largest absolute Gasteiger partial charge is 0.380 e. The van der Waals surface area contributed by atoms with Crippen molar-refractivity contribution in [1.82, 2.24) is 20.1 Å². The summed E-state index contributed by atoms with van der Waals surface area (Å²) in [5.41, 5.74) is 5.89. The van der Waals surface area contributed by atoms with E-state index < -0.39 is 15.9 Å². The molecule has 2 heterocycles. The maximum absolute atomic E-state index is 13.1. The normalized spacial score (nSPS) is 13.3. The minimum atomic E-state index is -4.06. The summed E-state index contributed by atoms with van der Waals surface area (Å²) in [6, 6.07) is 15.6. The number of hydrogen-bond donors (Lipinski definition) is 3. The van der Waals surface area contributed by atoms with Crippen LogP contribution >= 0.6 is 11.6 Å². The van der Waals surface area contributed by atoms with E-state index in [1.807, 2.05) is 50.2 Å². The molecule has 2 aromatic carbocycles. The van der Waals surface area contributed by atoms with E-state index in [1.165, 1.54) is 18.2 Å². The molecule has 0 aliphatic carbocycles. The Bertz CT molecular complexity index is 1450. The summed E-state index contributed by atoms with van der Waals surface area (Å²) in [5.74, 6) is -0.115. The van der Waals surface area contributed by atoms with Gasteiger partial charge in [0.25, 0.3) is 15.9 Å². The summed E-state index contributed by atoms with van der Waals surface area (Å²) in [4.78, 5) is 33.3. The fourth-order valence-corrected chi connectivity index (χ4v) is 5.47. The van der Waals surface area contributed by atoms with Gasteiger partial charge in [0.05, 0.1) is 17.9 Å². The van der Waals surface area contributed by atoms with E-state index in [4.69, 9.17) is 11.6 Å². The SMILES string of the molecule is CC(C)CCC(=O)NNS(=O)(=O)c1ccc(Cl)cc1NCc1ccc2c(c1)CCN(Cc1ccccn1)C2=O. The van der Waals surface area contributed by atoms with Crippen molar-refractivity contribution < 1.29 is 18.0 Å². The zero-order valence-corrected chi connectivity index (χ0v) is 23.5. The first-order valence-corrected chi connectivity index (χ1v) is 14.6. The Labute approximate surface area is 234 Å². The second-order valence-corrected chi connectivity index (χ2v) is 12.0. The standard InChI is InChI=1S/C28H32ClN5O4S/c1-19(2)6-11-27(35)32-33-39(37,38)26-10-8-22(29)16-25(26)31-17-20-7-9-24-21(15-20)12-14-34(28(24)36)18-23-5-3-4-13-30-23/h3-5,7-10,13,15-16,19,31,33H,6,11-12,14,17-18H2,1-2H3,(H,32,35). The van der Waals surface area contributed by atoms with Crippen LogP contribution in [0.15, 0.2) is 65.7 Å². The number of halogens is 1. The summed E-state index contributed by atoms with van der Waals surface area (Å²) < 4.78 is 25.9. The van der Waals surface area contributed by atoms with Crippen LogP contribution in [-0.4, -0.2) is 36.7 Å². The Morgan fingerprint density at radius 1 is 1.13 bits per heavy atom. The van der Waals surface area contributed by atoms with E-state index >= 15 is 0 Å². The zero-order valence-electron chi connectivity index (χ0n) is 21.9. The van der Waals surface area contributed by atoms with E-state index in [0.29, 0.717) is 54.7 Å². The highest BCUT2D eigenvalue weighted by atomic mass is 35.5. The van der Waals surface area contributed by atoms with Crippen LogP contribution in [0.5, 0.6) is 0 Å². The molecule has 0 spiro atoms. The van der Waals surface area contributed by atoms with Crippen molar-refractivity contribution in [2.45, 2.75) is 51.1 Å². The van der Waals surface area contributed by atoms with Crippen molar-refractivity contribution in [2.24, 2.45) is 5.92 Å². The molecule has 1 aliphatic heterocycles. The van der Waals surface area contributed by atoms with Crippen molar-refractivity contribution >= 4 is 39.1 Å². The number of carbonyl (C=O) groups excluding carboxylic acids is 2. The molecule has 0 saturated heterocycles. The van der Waals surface area contributed by atoms with E-state index in [1.54, 1.807) is 11.1 Å². The van der Waals surface area contributed by atoms with Crippen molar-refractivity contribution in [3.05, 3.63) is 88.2 Å². The summed E-state index contributed by atoms with van der Waals surface area (Å²) in [5, 5.41) is 3.51. The molecule has 9 nitrogen and oxygen atoms in total. The molecule has 1 aliphatic rings. The van der Waals surface area contributed by atoms with Crippen molar-refractivity contribution in [1.29, 1.82) is 0 Å². The molecule has 3 aromatic rings. The fourth-order valence-electron chi connectivity index (χ4n) is 4.27. The second-order valence-electron chi connectivity index (χ2n) is 9.87. The molecule has 2 amide bonds. The fraction of sp³-hybridized carbons (Fsp3) is 0.321. The molecule has 39 heavy (non-hydrogen) atoms. The summed E-state index contributed by atoms with van der Waals surface area (Å²) in [7, 11) is -4.06. The van der Waals surface area contributed by atoms with E-state index in [0.717, 1.165) is 16.8 Å². The van der Waals surface area contributed by atoms with Crippen molar-refractivity contribution in [3.63, 3.8) is 0 Å². The molecule has 0 fully saturated rings. The van der Waals surface area contributed by atoms with Crippen LogP contribution in [0.4, 0.5) is 5.69 Å². The van der Waals surface area contributed by atoms with Gasteiger partial charge in [0.15, 0.2) is 0 Å². The molecule has 206 valence electrons. The Morgan fingerprint density at radius 3 is 2.69 bits per heavy atom. The number of carbonyl (C=O) groups is 2. The average molecular weight is 570 g/mol. The Balaban J connectivity index is 1.43. The summed E-state index contributed by atoms with van der Waals surface area (Å²) in [6.07, 6.45) is 3.29. The van der Waals surface area contributed by atoms with Crippen LogP contribution in [0.25, 0.3) is 0 Å². The number of benzene rings is 2. The highest BCUT2D eigenvalue weighted by Gasteiger charge is 2.25. The highest BCUT2D eigenvalue weighted by molar-refractivity contribution is 7.89. The quantitative estimate of drug-likeness (QED) is 0.296. The smallest absolute Gasteiger partial charge is 0.259 e. The maximum atomic E-state index is 13.1. The number of pyridine rings is 1. The molecule has 1 aromatic heterocycles. The number of rotatable bonds is 11. The van der Waals surface area contributed by atoms with Crippen LogP contribution in [0.2, 0.25) is 5.02 Å². The number of fused-ring (bicyclic) bond motifs is 1. The van der Waals surface area contributed by atoms with Gasteiger partial charge < -0.3 is 10.2 Å². The number of nitrogens with zero attached hydrogens (tertiary/aromatic N) is 2. The van der Waals surface area contributed by atoms with Gasteiger partial charge in [-0.05, 0) is 66.3 Å². The molecule has 0 saturated carbocycles. The van der Waals surface area contributed by atoms with E-state index in [2.05, 4.69) is 20.6 Å². The Kier molecular flexibility index (Phi) is 9.21. The highest BCUT2D eigenvalue weighted by Crippen LogP contribution is 2.27. The van der Waals surface area contributed by atoms with Gasteiger partial charge in [-0.25, -0.2) is 8.42 Å². The lowest BCUT2D eigenvalue weighted by Crippen LogP contribution is -2.41. The van der Waals surface area contributed by atoms with Gasteiger partial charge in [-0.3, -0.25) is 20.0 Å². The molecular formula is C28H32ClN5O4S. The lowest BCUT2D eigenvalue weighted by atomic mass is 9.96. The Hall–Kier alpha value is -3.47. The number of hydrogen-bond acceptors (Lipinski definition) is 6. The molecule has 4 rings (SSSR count). The van der Waals surface area contributed by atoms with Crippen LogP contribution < -0.4 is 15.6 Å². The first kappa shape index (κ1) is 28.5. The molecule has 0 atom stereocenters. The number of anilines is 1. The molecule has 0 unspecified atom stereocenters. The zero-order chi connectivity index (χ0) is 28.0. The monoisotopic (exact) mass is 569 g/mol. The van der Waals surface area contributed by atoms with Crippen molar-refractivity contribution in [2.75, 3.05) is 11.9 Å². The third-order valence-corrected chi connectivity index (χ3v) is 7.95. The summed E-state index contributed by atoms with van der Waals surface area (Å²) >= 11 is 6.16. The molecule has 11 heteroatoms. The first-order valence-electron chi connectivity index (χ1n) is 12.8. The number of amides is 2. The van der Waals surface area contributed by atoms with Gasteiger partial charge in [0, 0.05) is 36.3 Å². The van der Waals surface area contributed by atoms with Gasteiger partial charge in [-0.1, -0.05) is 43.6 Å². The van der Waals surface area contributed by atoms with Crippen LogP contribution in [0.1, 0.15) is 53.9 Å². The summed E-state index contributed by atoms with van der Waals surface area (Å²) in [6.45, 7) is 5.33. The van der Waals surface area contributed by atoms with Gasteiger partial charge in [0.2, 0.25) is 5.91 Å². The van der Waals surface area contributed by atoms with Crippen molar-refractivity contribution in [3.8, 4) is 0 Å². The third-order valence-electron chi connectivity index (χ3n) is 6.40. The third kappa shape index (κ3) is 7.56. The van der Waals surface area contributed by atoms with Gasteiger partial charge in [-0.2, -0.15) is 0 Å². The number of aromatic nitrogens is 1. The second kappa shape index (κ2) is 12.6. The number of nitrogens with one attached hydrogen (secondary N) is 3. The van der Waals surface area contributed by atoms with Crippen LogP contribution in [0, 0.1) is 5.92 Å². The minimum Gasteiger partial charge on any atom is -0.380 e. The van der Waals surface area contributed by atoms with Crippen LogP contribution in [0.3, 0.4) is 0 Å². The topological polar surface area (TPSA) is 120 Å². The molecule has 0 bridgehead atoms. The average Bonchev–Trinajstić information content (AvgIpc) is 2.91. The molecule has 3 N–H and O–H groups in total. The first-order chi connectivity index (χ1) is 18.6. The van der Waals surface area contributed by atoms with Gasteiger partial charge >= 0.3 is 0 Å². The molecular weight excluding hydrogens is 538 g/mol. The Morgan fingerprint density at radius 2 is 1.95 bits per heavy atom. The van der Waals surface area contributed by atoms with E-state index in [9.17, 15) is 18.0 Å². The van der Waals surface area contributed by atoms with Gasteiger partial charge in [-0.15, -0.1) is 4.83 Å². The van der Waals surface area contributed by atoms with Gasteiger partial charge in [0.1, 0.15) is 4.90 Å². The van der Waals surface area contributed by atoms with Crippen LogP contribution in [-0.2, 0) is 34.3 Å². The predicted molar refractivity (Wildman–Crippen MR) is 150 cm³/mol. The number of sulfonamides is 1. The van der Waals surface area contributed by atoms with E-state index in [-0.39, 0.29) is 17.2 Å². The lowest BCUT2D eigenvalue weighted by Gasteiger charge is -2.28. The maximum Gasteiger partial charge on any atom is 0.259 e. The number of hydrazine groups is 1. The lowest BCUT2D eigenvalue weighted by molar-refractivity contribution is -0.121. The minimum absolute atomic E-state index is 0.0360. The predicted octanol–water partition coefficient (Wildman–Crippen LogP) is 4.29.